The maximum atomic E-state index is 13.7. The highest BCUT2D eigenvalue weighted by molar-refractivity contribution is 5.93. The molecule has 3 rings (SSSR count). The lowest BCUT2D eigenvalue weighted by atomic mass is 9.74. The number of carbonyl (C=O) groups excluding carboxylic acids is 1. The zero-order valence-electron chi connectivity index (χ0n) is 18.0. The first-order valence-electron chi connectivity index (χ1n) is 10.5. The van der Waals surface area contributed by atoms with Crippen LogP contribution in [0.1, 0.15) is 72.9 Å². The maximum absolute atomic E-state index is 13.7. The summed E-state index contributed by atoms with van der Waals surface area (Å²) in [5.74, 6) is 0.0777. The Kier molecular flexibility index (Phi) is 7.70. The summed E-state index contributed by atoms with van der Waals surface area (Å²) >= 11 is 0. The Morgan fingerprint density at radius 2 is 1.81 bits per heavy atom. The van der Waals surface area contributed by atoms with E-state index in [-0.39, 0.29) is 41.2 Å². The molecule has 2 heterocycles. The number of methoxy groups -OCH3 is 2. The van der Waals surface area contributed by atoms with Gasteiger partial charge < -0.3 is 14.8 Å². The van der Waals surface area contributed by atoms with Crippen LogP contribution in [-0.4, -0.2) is 41.1 Å². The van der Waals surface area contributed by atoms with E-state index in [0.717, 1.165) is 32.1 Å². The smallest absolute Gasteiger partial charge is 0.316 e. The molecule has 1 atom stereocenters. The van der Waals surface area contributed by atoms with Gasteiger partial charge in [0.05, 0.1) is 25.3 Å². The molecular formula is C22H28F2N4O3. The molecule has 7 nitrogen and oxygen atoms in total. The van der Waals surface area contributed by atoms with Gasteiger partial charge >= 0.3 is 6.01 Å². The molecule has 1 N–H and O–H groups in total. The van der Waals surface area contributed by atoms with Gasteiger partial charge in [-0.25, -0.2) is 23.7 Å². The molecule has 1 amide bonds. The summed E-state index contributed by atoms with van der Waals surface area (Å²) in [7, 11) is 2.82. The Labute approximate surface area is 180 Å². The Bertz CT molecular complexity index is 872. The summed E-state index contributed by atoms with van der Waals surface area (Å²) in [4.78, 5) is 24.5. The average molecular weight is 434 g/mol. The van der Waals surface area contributed by atoms with Crippen molar-refractivity contribution in [2.24, 2.45) is 5.92 Å². The van der Waals surface area contributed by atoms with Gasteiger partial charge in [-0.3, -0.25) is 4.79 Å². The van der Waals surface area contributed by atoms with Gasteiger partial charge in [0.2, 0.25) is 5.88 Å². The minimum absolute atomic E-state index is 0.00269. The number of aromatic nitrogens is 3. The topological polar surface area (TPSA) is 86.2 Å². The van der Waals surface area contributed by atoms with Crippen LogP contribution in [-0.2, 0) is 0 Å². The molecule has 1 aliphatic rings. The van der Waals surface area contributed by atoms with Crippen molar-refractivity contribution in [3.05, 3.63) is 41.3 Å². The molecule has 31 heavy (non-hydrogen) atoms. The molecule has 2 aromatic rings. The fraction of sp³-hybridized carbons (Fsp3) is 0.545. The van der Waals surface area contributed by atoms with Crippen molar-refractivity contribution >= 4 is 5.91 Å². The lowest BCUT2D eigenvalue weighted by molar-refractivity contribution is 0.0907. The molecule has 0 aromatic carbocycles. The van der Waals surface area contributed by atoms with Crippen molar-refractivity contribution in [1.82, 2.24) is 20.3 Å². The third-order valence-corrected chi connectivity index (χ3v) is 6.01. The first-order valence-corrected chi connectivity index (χ1v) is 10.5. The monoisotopic (exact) mass is 434 g/mol. The number of carbonyl (C=O) groups is 1. The van der Waals surface area contributed by atoms with Crippen LogP contribution < -0.4 is 14.8 Å². The van der Waals surface area contributed by atoms with Gasteiger partial charge in [0.25, 0.3) is 12.3 Å². The first-order chi connectivity index (χ1) is 15.0. The van der Waals surface area contributed by atoms with Crippen LogP contribution in [0, 0.1) is 5.92 Å². The number of nitrogens with zero attached hydrogens (tertiary/aromatic N) is 3. The molecule has 2 aromatic heterocycles. The summed E-state index contributed by atoms with van der Waals surface area (Å²) in [6, 6.07) is 1.88. The third-order valence-electron chi connectivity index (χ3n) is 6.01. The van der Waals surface area contributed by atoms with Crippen LogP contribution in [0.3, 0.4) is 0 Å². The molecule has 0 aliphatic heterocycles. The molecule has 9 heteroatoms. The SMILES string of the molecule is CC[C@@H](NC(=O)c1cnc(OC)nc1)[C@H]1CC[C@@H](c2ccnc(OC)c2C(F)F)CC1. The number of hydrogen-bond acceptors (Lipinski definition) is 6. The number of rotatable bonds is 8. The molecule has 168 valence electrons. The molecule has 1 fully saturated rings. The van der Waals surface area contributed by atoms with E-state index in [9.17, 15) is 13.6 Å². The van der Waals surface area contributed by atoms with E-state index in [0.29, 0.717) is 11.1 Å². The zero-order valence-corrected chi connectivity index (χ0v) is 18.0. The van der Waals surface area contributed by atoms with E-state index < -0.39 is 6.43 Å². The normalized spacial score (nSPS) is 19.7. The quantitative estimate of drug-likeness (QED) is 0.666. The molecule has 0 bridgehead atoms. The largest absolute Gasteiger partial charge is 0.481 e. The predicted molar refractivity (Wildman–Crippen MR) is 111 cm³/mol. The van der Waals surface area contributed by atoms with Crippen LogP contribution in [0.15, 0.2) is 24.7 Å². The number of hydrogen-bond donors (Lipinski definition) is 1. The van der Waals surface area contributed by atoms with Crippen LogP contribution in [0.25, 0.3) is 0 Å². The van der Waals surface area contributed by atoms with Crippen LogP contribution in [0.4, 0.5) is 8.78 Å². The standard InChI is InChI=1S/C22H28F2N4O3/c1-4-17(28-20(29)15-11-26-22(31-3)27-12-15)14-7-5-13(6-8-14)16-9-10-25-21(30-2)18(16)19(23)24/h9-14,17,19H,4-8H2,1-3H3,(H,28,29)/t13-,14+,17-/m1/s1. The summed E-state index contributed by atoms with van der Waals surface area (Å²) in [6.07, 6.45) is 5.78. The van der Waals surface area contributed by atoms with Gasteiger partial charge in [-0.05, 0) is 55.6 Å². The van der Waals surface area contributed by atoms with Crippen molar-refractivity contribution in [2.75, 3.05) is 14.2 Å². The van der Waals surface area contributed by atoms with E-state index >= 15 is 0 Å². The number of alkyl halides is 2. The Morgan fingerprint density at radius 3 is 2.35 bits per heavy atom. The second-order valence-electron chi connectivity index (χ2n) is 7.68. The highest BCUT2D eigenvalue weighted by Gasteiger charge is 2.32. The van der Waals surface area contributed by atoms with Crippen LogP contribution in [0.5, 0.6) is 11.9 Å². The van der Waals surface area contributed by atoms with Crippen LogP contribution >= 0.6 is 0 Å². The lowest BCUT2D eigenvalue weighted by Gasteiger charge is -2.34. The average Bonchev–Trinajstić information content (AvgIpc) is 2.81. The van der Waals surface area contributed by atoms with Crippen LogP contribution in [0.2, 0.25) is 0 Å². The Morgan fingerprint density at radius 1 is 1.13 bits per heavy atom. The highest BCUT2D eigenvalue weighted by Crippen LogP contribution is 2.42. The van der Waals surface area contributed by atoms with Crippen molar-refractivity contribution in [3.8, 4) is 11.9 Å². The molecule has 0 saturated heterocycles. The van der Waals surface area contributed by atoms with Gasteiger partial charge in [0.15, 0.2) is 0 Å². The second kappa shape index (κ2) is 10.5. The second-order valence-corrected chi connectivity index (χ2v) is 7.68. The number of halogens is 2. The van der Waals surface area contributed by atoms with Gasteiger partial charge in [0.1, 0.15) is 0 Å². The Hall–Kier alpha value is -2.84. The lowest BCUT2D eigenvalue weighted by Crippen LogP contribution is -2.41. The van der Waals surface area contributed by atoms with Gasteiger partial charge in [-0.2, -0.15) is 0 Å². The number of ether oxygens (including phenoxy) is 2. The first kappa shape index (κ1) is 22.8. The number of pyridine rings is 1. The molecule has 1 aliphatic carbocycles. The summed E-state index contributed by atoms with van der Waals surface area (Å²) in [6.45, 7) is 2.03. The fourth-order valence-corrected chi connectivity index (χ4v) is 4.38. The van der Waals surface area contributed by atoms with E-state index in [4.69, 9.17) is 9.47 Å². The van der Waals surface area contributed by atoms with Gasteiger partial charge in [0, 0.05) is 24.6 Å². The summed E-state index contributed by atoms with van der Waals surface area (Å²) < 4.78 is 37.3. The summed E-state index contributed by atoms with van der Waals surface area (Å²) in [5, 5.41) is 3.08. The fourth-order valence-electron chi connectivity index (χ4n) is 4.38. The van der Waals surface area contributed by atoms with E-state index in [1.807, 2.05) is 6.92 Å². The summed E-state index contributed by atoms with van der Waals surface area (Å²) in [5.41, 5.74) is 0.888. The zero-order chi connectivity index (χ0) is 22.4. The maximum Gasteiger partial charge on any atom is 0.316 e. The van der Waals surface area contributed by atoms with Crippen molar-refractivity contribution < 1.29 is 23.0 Å². The molecule has 1 saturated carbocycles. The number of amides is 1. The van der Waals surface area contributed by atoms with Crippen molar-refractivity contribution in [1.29, 1.82) is 0 Å². The van der Waals surface area contributed by atoms with Gasteiger partial charge in [-0.1, -0.05) is 6.92 Å². The van der Waals surface area contributed by atoms with E-state index in [1.165, 1.54) is 32.8 Å². The molecule has 0 spiro atoms. The van der Waals surface area contributed by atoms with Crippen molar-refractivity contribution in [2.45, 2.75) is 57.4 Å². The number of nitrogens with one attached hydrogen (secondary N) is 1. The molecular weight excluding hydrogens is 406 g/mol. The minimum Gasteiger partial charge on any atom is -0.481 e. The van der Waals surface area contributed by atoms with E-state index in [1.54, 1.807) is 6.07 Å². The Balaban J connectivity index is 1.64. The third kappa shape index (κ3) is 5.26. The van der Waals surface area contributed by atoms with Crippen molar-refractivity contribution in [3.63, 3.8) is 0 Å². The predicted octanol–water partition coefficient (Wildman–Crippen LogP) is 4.31. The van der Waals surface area contributed by atoms with Gasteiger partial charge in [-0.15, -0.1) is 0 Å². The molecule has 0 radical (unpaired) electrons. The molecule has 0 unspecified atom stereocenters. The minimum atomic E-state index is -2.63. The van der Waals surface area contributed by atoms with E-state index in [2.05, 4.69) is 20.3 Å². The highest BCUT2D eigenvalue weighted by atomic mass is 19.3.